The topological polar surface area (TPSA) is 75.7 Å². The van der Waals surface area contributed by atoms with Crippen LogP contribution in [0.4, 0.5) is 0 Å². The van der Waals surface area contributed by atoms with Crippen LogP contribution in [0.25, 0.3) is 11.1 Å². The van der Waals surface area contributed by atoms with Crippen LogP contribution >= 0.6 is 0 Å². The Kier molecular flexibility index (Phi) is 5.12. The molecule has 0 radical (unpaired) electrons. The molecule has 28 heavy (non-hydrogen) atoms. The molecule has 4 rings (SSSR count). The van der Waals surface area contributed by atoms with Crippen molar-refractivity contribution in [2.75, 3.05) is 19.4 Å². The maximum absolute atomic E-state index is 12.8. The maximum atomic E-state index is 12.8. The zero-order valence-electron chi connectivity index (χ0n) is 15.8. The van der Waals surface area contributed by atoms with E-state index >= 15 is 0 Å². The fraction of sp³-hybridized carbons (Fsp3) is 0.381. The number of hydrogen-bond donors (Lipinski definition) is 1. The van der Waals surface area contributed by atoms with Crippen LogP contribution in [0.1, 0.15) is 18.4 Å². The Morgan fingerprint density at radius 2 is 1.89 bits per heavy atom. The third kappa shape index (κ3) is 3.91. The lowest BCUT2D eigenvalue weighted by molar-refractivity contribution is -0.138. The molecule has 2 aliphatic heterocycles. The van der Waals surface area contributed by atoms with Gasteiger partial charge in [-0.2, -0.15) is 0 Å². The molecule has 0 spiro atoms. The molecule has 1 fully saturated rings. The van der Waals surface area contributed by atoms with Crippen LogP contribution in [0, 0.1) is 0 Å². The monoisotopic (exact) mass is 400 g/mol. The van der Waals surface area contributed by atoms with E-state index in [2.05, 4.69) is 4.72 Å². The number of carbonyl (C=O) groups is 1. The number of carbonyl (C=O) groups excluding carboxylic acids is 1. The number of nitrogens with one attached hydrogen (secondary N) is 1. The number of rotatable bonds is 3. The molecule has 0 aliphatic carbocycles. The molecule has 1 saturated heterocycles. The average molecular weight is 401 g/mol. The van der Waals surface area contributed by atoms with Crippen LogP contribution in [-0.4, -0.2) is 50.7 Å². The second-order valence-corrected chi connectivity index (χ2v) is 9.23. The molecule has 2 unspecified atom stereocenters. The van der Waals surface area contributed by atoms with Crippen LogP contribution in [0.15, 0.2) is 48.5 Å². The Morgan fingerprint density at radius 1 is 1.11 bits per heavy atom. The van der Waals surface area contributed by atoms with Gasteiger partial charge < -0.3 is 9.64 Å². The van der Waals surface area contributed by atoms with Crippen molar-refractivity contribution in [2.24, 2.45) is 0 Å². The highest BCUT2D eigenvalue weighted by Gasteiger charge is 2.38. The summed E-state index contributed by atoms with van der Waals surface area (Å²) in [6, 6.07) is 15.4. The Balaban J connectivity index is 1.75. The lowest BCUT2D eigenvalue weighted by atomic mass is 9.89. The highest BCUT2D eigenvalue weighted by Crippen LogP contribution is 2.36. The zero-order valence-corrected chi connectivity index (χ0v) is 16.6. The standard InChI is InChI=1S/C21H24N2O4S/c1-28(25,26)22-18-11-6-12-23-19(18)13-16-9-5-10-17(15-7-3-2-4-8-15)21(16)27-14-20(23)24/h2-5,7-10,18-19,22H,6,11-14H2,1H3. The molecule has 2 aliphatic rings. The molecule has 1 N–H and O–H groups in total. The molecule has 148 valence electrons. The SMILES string of the molecule is CS(=O)(=O)NC1CCCN2C(=O)COc3c(cccc3-c3ccccc3)CC12. The second kappa shape index (κ2) is 7.56. The normalized spacial score (nSPS) is 22.5. The number of piperidine rings is 1. The number of fused-ring (bicyclic) bond motifs is 2. The molecule has 1 amide bonds. The van der Waals surface area contributed by atoms with Gasteiger partial charge in [0.2, 0.25) is 10.0 Å². The average Bonchev–Trinajstić information content (AvgIpc) is 2.66. The van der Waals surface area contributed by atoms with Crippen molar-refractivity contribution in [1.29, 1.82) is 0 Å². The van der Waals surface area contributed by atoms with E-state index < -0.39 is 10.0 Å². The van der Waals surface area contributed by atoms with Gasteiger partial charge in [0, 0.05) is 18.2 Å². The van der Waals surface area contributed by atoms with Crippen LogP contribution in [0.3, 0.4) is 0 Å². The first-order chi connectivity index (χ1) is 13.4. The van der Waals surface area contributed by atoms with Gasteiger partial charge in [0.05, 0.1) is 12.3 Å². The number of hydrogen-bond acceptors (Lipinski definition) is 4. The minimum Gasteiger partial charge on any atom is -0.483 e. The second-order valence-electron chi connectivity index (χ2n) is 7.45. The molecule has 2 atom stereocenters. The lowest BCUT2D eigenvalue weighted by Crippen LogP contribution is -2.59. The van der Waals surface area contributed by atoms with E-state index in [0.29, 0.717) is 18.7 Å². The lowest BCUT2D eigenvalue weighted by Gasteiger charge is -2.42. The summed E-state index contributed by atoms with van der Waals surface area (Å²) in [7, 11) is -3.36. The first-order valence-corrected chi connectivity index (χ1v) is 11.4. The number of amides is 1. The van der Waals surface area contributed by atoms with Crippen LogP contribution in [0.2, 0.25) is 0 Å². The summed E-state index contributed by atoms with van der Waals surface area (Å²) in [4.78, 5) is 14.6. The van der Waals surface area contributed by atoms with Crippen molar-refractivity contribution in [1.82, 2.24) is 9.62 Å². The largest absolute Gasteiger partial charge is 0.483 e. The van der Waals surface area contributed by atoms with Crippen molar-refractivity contribution >= 4 is 15.9 Å². The molecule has 2 aromatic rings. The van der Waals surface area contributed by atoms with E-state index in [0.717, 1.165) is 29.5 Å². The van der Waals surface area contributed by atoms with E-state index in [1.54, 1.807) is 4.90 Å². The zero-order chi connectivity index (χ0) is 19.7. The molecule has 2 aromatic carbocycles. The molecule has 0 aromatic heterocycles. The summed E-state index contributed by atoms with van der Waals surface area (Å²) in [5.74, 6) is 0.615. The van der Waals surface area contributed by atoms with E-state index in [-0.39, 0.29) is 24.6 Å². The predicted molar refractivity (Wildman–Crippen MR) is 108 cm³/mol. The van der Waals surface area contributed by atoms with Crippen LogP contribution < -0.4 is 9.46 Å². The van der Waals surface area contributed by atoms with Crippen molar-refractivity contribution in [3.8, 4) is 16.9 Å². The molecule has 2 heterocycles. The van der Waals surface area contributed by atoms with Crippen LogP contribution in [0.5, 0.6) is 5.75 Å². The number of ether oxygens (including phenoxy) is 1. The van der Waals surface area contributed by atoms with E-state index in [4.69, 9.17) is 4.74 Å². The minimum absolute atomic E-state index is 0.0427. The summed E-state index contributed by atoms with van der Waals surface area (Å²) < 4.78 is 32.4. The van der Waals surface area contributed by atoms with Gasteiger partial charge in [-0.25, -0.2) is 13.1 Å². The van der Waals surface area contributed by atoms with Gasteiger partial charge in [-0.15, -0.1) is 0 Å². The van der Waals surface area contributed by atoms with E-state index in [1.807, 2.05) is 48.5 Å². The number of para-hydroxylation sites is 1. The summed E-state index contributed by atoms with van der Waals surface area (Å²) in [6.07, 6.45) is 3.21. The van der Waals surface area contributed by atoms with Gasteiger partial charge in [0.25, 0.3) is 5.91 Å². The fourth-order valence-corrected chi connectivity index (χ4v) is 5.06. The highest BCUT2D eigenvalue weighted by molar-refractivity contribution is 7.88. The molecular weight excluding hydrogens is 376 g/mol. The third-order valence-electron chi connectivity index (χ3n) is 5.42. The maximum Gasteiger partial charge on any atom is 0.260 e. The first kappa shape index (κ1) is 19.0. The van der Waals surface area contributed by atoms with Gasteiger partial charge in [-0.1, -0.05) is 48.5 Å². The summed E-state index contributed by atoms with van der Waals surface area (Å²) in [5.41, 5.74) is 2.97. The van der Waals surface area contributed by atoms with Crippen molar-refractivity contribution in [2.45, 2.75) is 31.3 Å². The van der Waals surface area contributed by atoms with E-state index in [9.17, 15) is 13.2 Å². The smallest absolute Gasteiger partial charge is 0.260 e. The summed E-state index contributed by atoms with van der Waals surface area (Å²) in [5, 5.41) is 0. The molecule has 0 bridgehead atoms. The third-order valence-corrected chi connectivity index (χ3v) is 6.15. The quantitative estimate of drug-likeness (QED) is 0.857. The van der Waals surface area contributed by atoms with Gasteiger partial charge in [0.1, 0.15) is 5.75 Å². The fourth-order valence-electron chi connectivity index (χ4n) is 4.23. The number of nitrogens with zero attached hydrogens (tertiary/aromatic N) is 1. The van der Waals surface area contributed by atoms with E-state index in [1.165, 1.54) is 6.26 Å². The number of benzene rings is 2. The minimum atomic E-state index is -3.36. The highest BCUT2D eigenvalue weighted by atomic mass is 32.2. The van der Waals surface area contributed by atoms with Crippen molar-refractivity contribution in [3.63, 3.8) is 0 Å². The predicted octanol–water partition coefficient (Wildman–Crippen LogP) is 2.20. The van der Waals surface area contributed by atoms with Gasteiger partial charge in [-0.3, -0.25) is 4.79 Å². The number of sulfonamides is 1. The van der Waals surface area contributed by atoms with Crippen molar-refractivity contribution in [3.05, 3.63) is 54.1 Å². The first-order valence-electron chi connectivity index (χ1n) is 9.49. The Labute approximate surface area is 165 Å². The Bertz CT molecular complexity index is 975. The molecule has 0 saturated carbocycles. The van der Waals surface area contributed by atoms with Crippen LogP contribution in [-0.2, 0) is 21.2 Å². The Morgan fingerprint density at radius 3 is 2.64 bits per heavy atom. The van der Waals surface area contributed by atoms with Gasteiger partial charge in [0.15, 0.2) is 6.61 Å². The summed E-state index contributed by atoms with van der Waals surface area (Å²) in [6.45, 7) is 0.585. The van der Waals surface area contributed by atoms with Crippen molar-refractivity contribution < 1.29 is 17.9 Å². The van der Waals surface area contributed by atoms with Gasteiger partial charge >= 0.3 is 0 Å². The molecular formula is C21H24N2O4S. The Hall–Kier alpha value is -2.38. The van der Waals surface area contributed by atoms with Gasteiger partial charge in [-0.05, 0) is 30.4 Å². The molecule has 6 nitrogen and oxygen atoms in total. The molecule has 7 heteroatoms. The summed E-state index contributed by atoms with van der Waals surface area (Å²) >= 11 is 0.